The minimum absolute atomic E-state index is 0.0342. The highest BCUT2D eigenvalue weighted by molar-refractivity contribution is 7.90. The second-order valence-corrected chi connectivity index (χ2v) is 10.3. The molecule has 0 bridgehead atoms. The zero-order valence-corrected chi connectivity index (χ0v) is 20.2. The predicted molar refractivity (Wildman–Crippen MR) is 131 cm³/mol. The number of nitrogens with one attached hydrogen (secondary N) is 3. The molecule has 0 unspecified atom stereocenters. The van der Waals surface area contributed by atoms with Gasteiger partial charge in [0.25, 0.3) is 11.8 Å². The Morgan fingerprint density at radius 1 is 1.11 bits per heavy atom. The zero-order valence-electron chi connectivity index (χ0n) is 18.6. The average molecular weight is 516 g/mol. The number of aromatic nitrogens is 2. The third-order valence-corrected chi connectivity index (χ3v) is 6.51. The Hall–Kier alpha value is -3.54. The molecule has 1 atom stereocenters. The van der Waals surface area contributed by atoms with Crippen LogP contribution in [0.5, 0.6) is 5.75 Å². The molecule has 1 saturated heterocycles. The van der Waals surface area contributed by atoms with Crippen molar-refractivity contribution in [3.63, 3.8) is 0 Å². The van der Waals surface area contributed by atoms with Crippen LogP contribution in [-0.2, 0) is 9.84 Å². The lowest BCUT2D eigenvalue weighted by atomic mass is 10.1. The number of rotatable bonds is 7. The molecule has 0 radical (unpaired) electrons. The van der Waals surface area contributed by atoms with Crippen LogP contribution in [0.3, 0.4) is 0 Å². The van der Waals surface area contributed by atoms with Crippen LogP contribution < -0.4 is 20.7 Å². The van der Waals surface area contributed by atoms with Gasteiger partial charge in [-0.3, -0.25) is 9.59 Å². The van der Waals surface area contributed by atoms with Gasteiger partial charge in [0.2, 0.25) is 0 Å². The lowest BCUT2D eigenvalue weighted by molar-refractivity contribution is 0.102. The van der Waals surface area contributed by atoms with Crippen molar-refractivity contribution in [2.75, 3.05) is 30.0 Å². The van der Waals surface area contributed by atoms with Crippen molar-refractivity contribution in [2.24, 2.45) is 0 Å². The molecule has 1 aliphatic heterocycles. The van der Waals surface area contributed by atoms with Gasteiger partial charge < -0.3 is 20.7 Å². The number of anilines is 2. The normalized spacial score (nSPS) is 15.4. The third-order valence-electron chi connectivity index (χ3n) is 5.17. The first-order valence-corrected chi connectivity index (χ1v) is 12.9. The molecule has 3 heterocycles. The maximum absolute atomic E-state index is 13.2. The Kier molecular flexibility index (Phi) is 7.29. The molecule has 2 aromatic heterocycles. The number of sulfone groups is 1. The summed E-state index contributed by atoms with van der Waals surface area (Å²) in [6.07, 6.45) is 4.40. The molecule has 1 aliphatic rings. The topological polar surface area (TPSA) is 139 Å². The quantitative estimate of drug-likeness (QED) is 0.436. The number of hydrogen-bond donors (Lipinski definition) is 3. The number of hydrogen-bond acceptors (Lipinski definition) is 8. The fraction of sp³-hybridized carbons (Fsp3) is 0.217. The minimum Gasteiger partial charge on any atom is -0.488 e. The van der Waals surface area contributed by atoms with Crippen molar-refractivity contribution in [2.45, 2.75) is 17.4 Å². The molecule has 0 saturated carbocycles. The van der Waals surface area contributed by atoms with E-state index in [1.165, 1.54) is 42.7 Å². The van der Waals surface area contributed by atoms with Crippen molar-refractivity contribution >= 4 is 44.8 Å². The summed E-state index contributed by atoms with van der Waals surface area (Å²) in [6, 6.07) is 10.3. The Labute approximate surface area is 207 Å². The van der Waals surface area contributed by atoms with Gasteiger partial charge in [-0.2, -0.15) is 0 Å². The first-order valence-electron chi connectivity index (χ1n) is 10.6. The molecule has 0 spiro atoms. The lowest BCUT2D eigenvalue weighted by Gasteiger charge is -2.17. The van der Waals surface area contributed by atoms with E-state index in [0.717, 1.165) is 19.2 Å². The molecule has 3 aromatic rings. The summed E-state index contributed by atoms with van der Waals surface area (Å²) < 4.78 is 30.1. The van der Waals surface area contributed by atoms with Crippen molar-refractivity contribution in [1.82, 2.24) is 15.3 Å². The number of pyridine rings is 2. The van der Waals surface area contributed by atoms with E-state index in [-0.39, 0.29) is 39.5 Å². The lowest BCUT2D eigenvalue weighted by Crippen LogP contribution is -2.23. The first kappa shape index (κ1) is 24.6. The van der Waals surface area contributed by atoms with Crippen LogP contribution in [-0.4, -0.2) is 55.6 Å². The molecular formula is C23H22ClN5O5S. The van der Waals surface area contributed by atoms with Gasteiger partial charge in [-0.25, -0.2) is 18.4 Å². The summed E-state index contributed by atoms with van der Waals surface area (Å²) in [6.45, 7) is 1.34. The second kappa shape index (κ2) is 10.4. The van der Waals surface area contributed by atoms with E-state index >= 15 is 0 Å². The second-order valence-electron chi connectivity index (χ2n) is 7.83. The summed E-state index contributed by atoms with van der Waals surface area (Å²) in [4.78, 5) is 34.1. The fourth-order valence-electron chi connectivity index (χ4n) is 3.43. The highest BCUT2D eigenvalue weighted by Crippen LogP contribution is 2.27. The molecule has 4 rings (SSSR count). The predicted octanol–water partition coefficient (Wildman–Crippen LogP) is 2.78. The molecule has 0 aliphatic carbocycles. The maximum Gasteiger partial charge on any atom is 0.277 e. The molecule has 3 N–H and O–H groups in total. The van der Waals surface area contributed by atoms with Gasteiger partial charge in [-0.05, 0) is 55.4 Å². The molecule has 12 heteroatoms. The first-order chi connectivity index (χ1) is 16.7. The van der Waals surface area contributed by atoms with Crippen molar-refractivity contribution in [1.29, 1.82) is 0 Å². The fourth-order valence-corrected chi connectivity index (χ4v) is 4.18. The van der Waals surface area contributed by atoms with Crippen LogP contribution >= 0.6 is 11.6 Å². The van der Waals surface area contributed by atoms with E-state index in [1.54, 1.807) is 12.1 Å². The number of carbonyl (C=O) groups excluding carboxylic acids is 2. The molecule has 2 amide bonds. The highest BCUT2D eigenvalue weighted by atomic mass is 35.5. The van der Waals surface area contributed by atoms with E-state index in [4.69, 9.17) is 16.3 Å². The van der Waals surface area contributed by atoms with Crippen LogP contribution in [0.1, 0.15) is 27.3 Å². The molecule has 1 fully saturated rings. The average Bonchev–Trinajstić information content (AvgIpc) is 3.33. The van der Waals surface area contributed by atoms with Gasteiger partial charge >= 0.3 is 0 Å². The summed E-state index contributed by atoms with van der Waals surface area (Å²) in [5.41, 5.74) is 0.247. The maximum atomic E-state index is 13.2. The molecule has 1 aromatic carbocycles. The van der Waals surface area contributed by atoms with Gasteiger partial charge in [0, 0.05) is 25.2 Å². The third kappa shape index (κ3) is 6.13. The van der Waals surface area contributed by atoms with Gasteiger partial charge in [0.05, 0.1) is 21.2 Å². The van der Waals surface area contributed by atoms with Crippen molar-refractivity contribution in [3.05, 3.63) is 71.1 Å². The van der Waals surface area contributed by atoms with E-state index < -0.39 is 21.7 Å². The summed E-state index contributed by atoms with van der Waals surface area (Å²) >= 11 is 5.82. The van der Waals surface area contributed by atoms with Gasteiger partial charge in [0.1, 0.15) is 17.7 Å². The zero-order chi connectivity index (χ0) is 25.0. The van der Waals surface area contributed by atoms with Crippen LogP contribution in [0.4, 0.5) is 11.5 Å². The van der Waals surface area contributed by atoms with Crippen LogP contribution in [0.15, 0.2) is 59.8 Å². The largest absolute Gasteiger partial charge is 0.488 e. The number of ether oxygens (including phenoxy) is 1. The van der Waals surface area contributed by atoms with Gasteiger partial charge in [0.15, 0.2) is 15.5 Å². The van der Waals surface area contributed by atoms with E-state index in [9.17, 15) is 18.0 Å². The van der Waals surface area contributed by atoms with Crippen LogP contribution in [0.2, 0.25) is 5.02 Å². The monoisotopic (exact) mass is 515 g/mol. The SMILES string of the molecule is CS(=O)(=O)c1ccc(C(=O)Nc2cccnc2C(=O)Nc2ccc(Cl)cn2)c(O[C@H]2CCNC2)c1. The summed E-state index contributed by atoms with van der Waals surface area (Å²) in [5.74, 6) is -0.770. The Morgan fingerprint density at radius 2 is 1.94 bits per heavy atom. The number of carbonyl (C=O) groups is 2. The van der Waals surface area contributed by atoms with Crippen LogP contribution in [0.25, 0.3) is 0 Å². The Morgan fingerprint density at radius 3 is 2.63 bits per heavy atom. The molecular weight excluding hydrogens is 494 g/mol. The van der Waals surface area contributed by atoms with Gasteiger partial charge in [-0.1, -0.05) is 11.6 Å². The summed E-state index contributed by atoms with van der Waals surface area (Å²) in [7, 11) is -3.52. The smallest absolute Gasteiger partial charge is 0.277 e. The summed E-state index contributed by atoms with van der Waals surface area (Å²) in [5, 5.41) is 8.86. The Balaban J connectivity index is 1.60. The van der Waals surface area contributed by atoms with Gasteiger partial charge in [-0.15, -0.1) is 0 Å². The number of nitrogens with zero attached hydrogens (tertiary/aromatic N) is 2. The standard InChI is InChI=1S/C23H22ClN5O5S/c1-35(32,33)16-5-6-17(19(11-16)34-15-8-10-25-13-15)22(30)28-18-3-2-9-26-21(18)23(31)29-20-7-4-14(24)12-27-20/h2-7,9,11-12,15,25H,8,10,13H2,1H3,(H,28,30)(H,27,29,31)/t15-/m0/s1. The van der Waals surface area contributed by atoms with Crippen LogP contribution in [0, 0.1) is 0 Å². The van der Waals surface area contributed by atoms with E-state index in [0.29, 0.717) is 11.6 Å². The molecule has 10 nitrogen and oxygen atoms in total. The number of halogens is 1. The van der Waals surface area contributed by atoms with Crippen molar-refractivity contribution in [3.8, 4) is 5.75 Å². The minimum atomic E-state index is -3.52. The van der Waals surface area contributed by atoms with Crippen molar-refractivity contribution < 1.29 is 22.7 Å². The molecule has 35 heavy (non-hydrogen) atoms. The van der Waals surface area contributed by atoms with E-state index in [2.05, 4.69) is 25.9 Å². The number of amides is 2. The van der Waals surface area contributed by atoms with E-state index in [1.807, 2.05) is 0 Å². The number of benzene rings is 1. The highest BCUT2D eigenvalue weighted by Gasteiger charge is 2.23. The Bertz CT molecular complexity index is 1360. The molecule has 182 valence electrons.